The van der Waals surface area contributed by atoms with Gasteiger partial charge in [0, 0.05) is 10.6 Å². The van der Waals surface area contributed by atoms with E-state index in [0.717, 1.165) is 0 Å². The van der Waals surface area contributed by atoms with E-state index in [-0.39, 0.29) is 17.8 Å². The summed E-state index contributed by atoms with van der Waals surface area (Å²) in [6, 6.07) is 4.59. The molecule has 22 heavy (non-hydrogen) atoms. The molecule has 0 saturated heterocycles. The van der Waals surface area contributed by atoms with Crippen molar-refractivity contribution in [3.8, 4) is 5.75 Å². The first-order valence-electron chi connectivity index (χ1n) is 6.30. The third-order valence-electron chi connectivity index (χ3n) is 3.36. The van der Waals surface area contributed by atoms with Gasteiger partial charge in [0.05, 0.1) is 12.3 Å². The smallest absolute Gasteiger partial charge is 0.396 e. The van der Waals surface area contributed by atoms with Gasteiger partial charge in [-0.1, -0.05) is 24.3 Å². The number of benzene rings is 1. The van der Waals surface area contributed by atoms with Crippen molar-refractivity contribution >= 4 is 23.1 Å². The predicted octanol–water partition coefficient (Wildman–Crippen LogP) is 4.33. The zero-order chi connectivity index (χ0) is 16.5. The van der Waals surface area contributed by atoms with Crippen LogP contribution in [0.5, 0.6) is 5.75 Å². The van der Waals surface area contributed by atoms with Crippen LogP contribution in [-0.4, -0.2) is 23.9 Å². The monoisotopic (exact) mass is 332 g/mol. The van der Waals surface area contributed by atoms with Crippen LogP contribution >= 0.6 is 11.6 Å². The quantitative estimate of drug-likeness (QED) is 0.893. The molecule has 3 nitrogen and oxygen atoms in total. The highest BCUT2D eigenvalue weighted by molar-refractivity contribution is 6.30. The molecule has 1 heterocycles. The molecule has 0 bridgehead atoms. The number of carboxylic acid groups (broad SMARTS) is 1. The Kier molecular flexibility index (Phi) is 4.51. The van der Waals surface area contributed by atoms with Gasteiger partial charge in [-0.3, -0.25) is 4.79 Å². The van der Waals surface area contributed by atoms with E-state index in [0.29, 0.717) is 16.3 Å². The Morgan fingerprint density at radius 1 is 1.50 bits per heavy atom. The van der Waals surface area contributed by atoms with E-state index in [1.807, 2.05) is 0 Å². The molecular formula is C15H12ClF3O3. The highest BCUT2D eigenvalue weighted by Gasteiger charge is 2.45. The topological polar surface area (TPSA) is 46.5 Å². The molecule has 118 valence electrons. The summed E-state index contributed by atoms with van der Waals surface area (Å²) in [5.41, 5.74) is 0.440. The van der Waals surface area contributed by atoms with Crippen LogP contribution in [0.3, 0.4) is 0 Å². The average Bonchev–Trinajstić information content (AvgIpc) is 2.42. The number of hydrogen-bond donors (Lipinski definition) is 1. The first-order valence-corrected chi connectivity index (χ1v) is 6.68. The fourth-order valence-electron chi connectivity index (χ4n) is 2.39. The van der Waals surface area contributed by atoms with Gasteiger partial charge in [-0.05, 0) is 29.3 Å². The van der Waals surface area contributed by atoms with Crippen LogP contribution in [-0.2, 0) is 4.79 Å². The van der Waals surface area contributed by atoms with Crippen molar-refractivity contribution in [2.45, 2.75) is 12.6 Å². The predicted molar refractivity (Wildman–Crippen MR) is 75.9 cm³/mol. The molecule has 0 amide bonds. The van der Waals surface area contributed by atoms with E-state index in [2.05, 4.69) is 6.58 Å². The summed E-state index contributed by atoms with van der Waals surface area (Å²) in [4.78, 5) is 10.8. The SMILES string of the molecule is C=CC1=C(C(CC(=O)O)C(F)(F)F)COc2ccc(Cl)cc21. The zero-order valence-electron chi connectivity index (χ0n) is 11.3. The lowest BCUT2D eigenvalue weighted by Gasteiger charge is -2.29. The molecule has 1 aromatic rings. The Balaban J connectivity index is 2.59. The van der Waals surface area contributed by atoms with E-state index in [9.17, 15) is 18.0 Å². The summed E-state index contributed by atoms with van der Waals surface area (Å²) in [5, 5.41) is 9.10. The average molecular weight is 333 g/mol. The van der Waals surface area contributed by atoms with Crippen molar-refractivity contribution in [1.82, 2.24) is 0 Å². The van der Waals surface area contributed by atoms with Crippen LogP contribution in [0.4, 0.5) is 13.2 Å². The van der Waals surface area contributed by atoms with Gasteiger partial charge in [0.1, 0.15) is 12.4 Å². The van der Waals surface area contributed by atoms with E-state index in [1.54, 1.807) is 12.1 Å². The Morgan fingerprint density at radius 2 is 2.18 bits per heavy atom. The summed E-state index contributed by atoms with van der Waals surface area (Å²) in [6.45, 7) is 3.20. The third-order valence-corrected chi connectivity index (χ3v) is 3.59. The maximum Gasteiger partial charge on any atom is 0.396 e. The first kappa shape index (κ1) is 16.4. The van der Waals surface area contributed by atoms with Crippen LogP contribution < -0.4 is 4.74 Å². The van der Waals surface area contributed by atoms with E-state index in [4.69, 9.17) is 21.4 Å². The Morgan fingerprint density at radius 3 is 2.73 bits per heavy atom. The molecule has 1 N–H and O–H groups in total. The van der Waals surface area contributed by atoms with Gasteiger partial charge < -0.3 is 9.84 Å². The van der Waals surface area contributed by atoms with Crippen LogP contribution in [0.25, 0.3) is 5.57 Å². The summed E-state index contributed by atoms with van der Waals surface area (Å²) >= 11 is 5.87. The molecule has 1 unspecified atom stereocenters. The van der Waals surface area contributed by atoms with Crippen molar-refractivity contribution in [2.24, 2.45) is 5.92 Å². The standard InChI is InChI=1S/C15H12ClF3O3/c1-2-9-10-5-8(16)3-4-13(10)22-7-11(9)12(6-14(20)21)15(17,18)19/h2-5,12H,1,6-7H2,(H,20,21). The van der Waals surface area contributed by atoms with E-state index in [1.165, 1.54) is 12.1 Å². The second-order valence-electron chi connectivity index (χ2n) is 4.76. The molecule has 7 heteroatoms. The lowest BCUT2D eigenvalue weighted by Crippen LogP contribution is -2.31. The maximum absolute atomic E-state index is 13.2. The summed E-state index contributed by atoms with van der Waals surface area (Å²) in [5.74, 6) is -3.28. The number of fused-ring (bicyclic) bond motifs is 1. The van der Waals surface area contributed by atoms with E-state index >= 15 is 0 Å². The molecule has 0 radical (unpaired) electrons. The molecule has 0 aliphatic carbocycles. The second-order valence-corrected chi connectivity index (χ2v) is 5.20. The molecule has 0 fully saturated rings. The fraction of sp³-hybridized carbons (Fsp3) is 0.267. The van der Waals surface area contributed by atoms with Crippen molar-refractivity contribution < 1.29 is 27.8 Å². The minimum atomic E-state index is -4.69. The number of carbonyl (C=O) groups is 1. The Hall–Kier alpha value is -1.95. The third kappa shape index (κ3) is 3.27. The number of halogens is 4. The number of hydrogen-bond acceptors (Lipinski definition) is 2. The number of carboxylic acids is 1. The van der Waals surface area contributed by atoms with Crippen molar-refractivity contribution in [1.29, 1.82) is 0 Å². The molecule has 0 spiro atoms. The highest BCUT2D eigenvalue weighted by atomic mass is 35.5. The van der Waals surface area contributed by atoms with Crippen LogP contribution in [0.1, 0.15) is 12.0 Å². The number of ether oxygens (including phenoxy) is 1. The van der Waals surface area contributed by atoms with Gasteiger partial charge in [0.2, 0.25) is 0 Å². The minimum absolute atomic E-state index is 0.153. The number of allylic oxidation sites excluding steroid dienone is 2. The molecule has 0 aromatic heterocycles. The number of aliphatic carboxylic acids is 1. The highest BCUT2D eigenvalue weighted by Crippen LogP contribution is 2.43. The van der Waals surface area contributed by atoms with Crippen LogP contribution in [0, 0.1) is 5.92 Å². The molecule has 1 aliphatic rings. The normalized spacial score (nSPS) is 15.8. The molecule has 1 aromatic carbocycles. The van der Waals surface area contributed by atoms with Gasteiger partial charge in [0.25, 0.3) is 0 Å². The number of alkyl halides is 3. The van der Waals surface area contributed by atoms with Crippen molar-refractivity contribution in [3.63, 3.8) is 0 Å². The van der Waals surface area contributed by atoms with Gasteiger partial charge in [-0.25, -0.2) is 0 Å². The van der Waals surface area contributed by atoms with E-state index < -0.39 is 24.5 Å². The Labute approximate surface area is 129 Å². The van der Waals surface area contributed by atoms with Crippen LogP contribution in [0.15, 0.2) is 36.4 Å². The van der Waals surface area contributed by atoms with Crippen molar-refractivity contribution in [2.75, 3.05) is 6.61 Å². The van der Waals surface area contributed by atoms with Gasteiger partial charge in [0.15, 0.2) is 0 Å². The lowest BCUT2D eigenvalue weighted by atomic mass is 9.86. The van der Waals surface area contributed by atoms with Crippen LogP contribution in [0.2, 0.25) is 5.02 Å². The number of rotatable bonds is 4. The second kappa shape index (κ2) is 6.04. The maximum atomic E-state index is 13.2. The molecule has 1 aliphatic heterocycles. The molecule has 1 atom stereocenters. The first-order chi connectivity index (χ1) is 10.2. The molecule has 2 rings (SSSR count). The molecule has 0 saturated carbocycles. The van der Waals surface area contributed by atoms with Gasteiger partial charge in [-0.15, -0.1) is 0 Å². The largest absolute Gasteiger partial charge is 0.489 e. The fourth-order valence-corrected chi connectivity index (χ4v) is 2.56. The summed E-state index contributed by atoms with van der Waals surface area (Å²) < 4.78 is 45.0. The van der Waals surface area contributed by atoms with Gasteiger partial charge in [-0.2, -0.15) is 13.2 Å². The summed E-state index contributed by atoms with van der Waals surface area (Å²) in [7, 11) is 0. The van der Waals surface area contributed by atoms with Gasteiger partial charge >= 0.3 is 12.1 Å². The van der Waals surface area contributed by atoms with Crippen molar-refractivity contribution in [3.05, 3.63) is 47.0 Å². The molecular weight excluding hydrogens is 321 g/mol. The zero-order valence-corrected chi connectivity index (χ0v) is 12.0. The minimum Gasteiger partial charge on any atom is -0.489 e. The Bertz CT molecular complexity index is 650. The summed E-state index contributed by atoms with van der Waals surface area (Å²) in [6.07, 6.45) is -4.48. The lowest BCUT2D eigenvalue weighted by molar-refractivity contribution is -0.174.